The Hall–Kier alpha value is -2.80. The number of H-pyrrole nitrogens is 1. The highest BCUT2D eigenvalue weighted by Crippen LogP contribution is 2.27. The Bertz CT molecular complexity index is 934. The molecule has 1 fully saturated rings. The van der Waals surface area contributed by atoms with Gasteiger partial charge in [-0.3, -0.25) is 14.6 Å². The Labute approximate surface area is 161 Å². The highest BCUT2D eigenvalue weighted by atomic mass is 35.5. The second-order valence-corrected chi connectivity index (χ2v) is 7.14. The third-order valence-electron chi connectivity index (χ3n) is 4.70. The number of amides is 1. The molecule has 0 aliphatic carbocycles. The van der Waals surface area contributed by atoms with Crippen LogP contribution < -0.4 is 4.74 Å². The van der Waals surface area contributed by atoms with Gasteiger partial charge in [0.25, 0.3) is 5.91 Å². The normalized spacial score (nSPS) is 16.7. The Kier molecular flexibility index (Phi) is 4.85. The molecule has 140 valence electrons. The number of hydrogen-bond donors (Lipinski definition) is 1. The molecule has 1 aliphatic heterocycles. The van der Waals surface area contributed by atoms with Crippen molar-refractivity contribution in [3.8, 4) is 5.75 Å². The number of halogens is 1. The average molecular weight is 386 g/mol. The molecule has 0 spiro atoms. The number of nitrogens with zero attached hydrogens (tertiary/aromatic N) is 4. The average Bonchev–Trinajstić information content (AvgIpc) is 3.41. The molecule has 0 saturated carbocycles. The van der Waals surface area contributed by atoms with Crippen molar-refractivity contribution < 1.29 is 9.53 Å². The Morgan fingerprint density at radius 3 is 2.93 bits per heavy atom. The second-order valence-electron chi connectivity index (χ2n) is 6.70. The van der Waals surface area contributed by atoms with Gasteiger partial charge in [-0.15, -0.1) is 0 Å². The maximum atomic E-state index is 12.5. The van der Waals surface area contributed by atoms with Crippen LogP contribution in [0.3, 0.4) is 0 Å². The Morgan fingerprint density at radius 1 is 1.37 bits per heavy atom. The van der Waals surface area contributed by atoms with Crippen molar-refractivity contribution >= 4 is 17.5 Å². The van der Waals surface area contributed by atoms with Gasteiger partial charge in [0.15, 0.2) is 0 Å². The Balaban J connectivity index is 1.34. The summed E-state index contributed by atoms with van der Waals surface area (Å²) in [6.45, 7) is 1.79. The molecule has 1 unspecified atom stereocenters. The van der Waals surface area contributed by atoms with Gasteiger partial charge in [-0.05, 0) is 36.8 Å². The summed E-state index contributed by atoms with van der Waals surface area (Å²) in [6.07, 6.45) is 4.25. The lowest BCUT2D eigenvalue weighted by atomic mass is 10.1. The molecular weight excluding hydrogens is 366 g/mol. The lowest BCUT2D eigenvalue weighted by Crippen LogP contribution is -2.28. The van der Waals surface area contributed by atoms with Crippen molar-refractivity contribution in [1.29, 1.82) is 0 Å². The molecule has 0 radical (unpaired) electrons. The number of benzene rings is 1. The van der Waals surface area contributed by atoms with Crippen molar-refractivity contribution in [2.45, 2.75) is 18.9 Å². The van der Waals surface area contributed by atoms with Crippen LogP contribution in [-0.2, 0) is 13.7 Å². The van der Waals surface area contributed by atoms with Crippen LogP contribution >= 0.6 is 11.6 Å². The van der Waals surface area contributed by atoms with Crippen LogP contribution in [0.1, 0.15) is 34.1 Å². The second kappa shape index (κ2) is 7.44. The van der Waals surface area contributed by atoms with E-state index in [1.54, 1.807) is 36.3 Å². The van der Waals surface area contributed by atoms with Gasteiger partial charge in [0, 0.05) is 37.3 Å². The first-order valence-electron chi connectivity index (χ1n) is 8.79. The zero-order valence-electron chi connectivity index (χ0n) is 14.9. The molecule has 1 aliphatic rings. The number of aromatic amines is 1. The van der Waals surface area contributed by atoms with Gasteiger partial charge in [0.05, 0.1) is 23.1 Å². The molecule has 3 aromatic rings. The summed E-state index contributed by atoms with van der Waals surface area (Å²) < 4.78 is 7.38. The van der Waals surface area contributed by atoms with Crippen LogP contribution in [0.25, 0.3) is 0 Å². The number of nitrogens with one attached hydrogen (secondary N) is 1. The third-order valence-corrected chi connectivity index (χ3v) is 4.96. The summed E-state index contributed by atoms with van der Waals surface area (Å²) in [5, 5.41) is 12.2. The van der Waals surface area contributed by atoms with E-state index in [1.165, 1.54) is 0 Å². The first kappa shape index (κ1) is 17.6. The summed E-state index contributed by atoms with van der Waals surface area (Å²) >= 11 is 5.87. The number of ether oxygens (including phenoxy) is 1. The zero-order chi connectivity index (χ0) is 18.8. The largest absolute Gasteiger partial charge is 0.487 e. The molecule has 1 amide bonds. The molecule has 2 aromatic heterocycles. The predicted molar refractivity (Wildman–Crippen MR) is 101 cm³/mol. The third kappa shape index (κ3) is 3.98. The van der Waals surface area contributed by atoms with E-state index in [0.717, 1.165) is 30.1 Å². The smallest absolute Gasteiger partial charge is 0.257 e. The first-order valence-corrected chi connectivity index (χ1v) is 9.17. The number of likely N-dealkylation sites (tertiary alicyclic amines) is 1. The van der Waals surface area contributed by atoms with Gasteiger partial charge >= 0.3 is 0 Å². The quantitative estimate of drug-likeness (QED) is 0.732. The summed E-state index contributed by atoms with van der Waals surface area (Å²) in [6, 6.07) is 9.26. The van der Waals surface area contributed by atoms with Crippen molar-refractivity contribution in [3.63, 3.8) is 0 Å². The SMILES string of the molecule is Cn1cc(C(=O)N2CCC(c3cc(COc4ccc(Cl)cc4)[nH]n3)C2)cn1. The summed E-state index contributed by atoms with van der Waals surface area (Å²) in [7, 11) is 1.81. The van der Waals surface area contributed by atoms with Gasteiger partial charge in [-0.2, -0.15) is 10.2 Å². The molecular formula is C19H20ClN5O2. The maximum absolute atomic E-state index is 12.5. The van der Waals surface area contributed by atoms with Crippen LogP contribution in [0.15, 0.2) is 42.7 Å². The minimum atomic E-state index is 0.0208. The number of carbonyl (C=O) groups is 1. The number of aryl methyl sites for hydroxylation is 1. The lowest BCUT2D eigenvalue weighted by Gasteiger charge is -2.14. The van der Waals surface area contributed by atoms with E-state index < -0.39 is 0 Å². The van der Waals surface area contributed by atoms with Crippen LogP contribution in [0.4, 0.5) is 0 Å². The summed E-state index contributed by atoms with van der Waals surface area (Å²) in [5.41, 5.74) is 2.49. The van der Waals surface area contributed by atoms with E-state index in [1.807, 2.05) is 23.1 Å². The highest BCUT2D eigenvalue weighted by Gasteiger charge is 2.30. The Morgan fingerprint density at radius 2 is 2.19 bits per heavy atom. The summed E-state index contributed by atoms with van der Waals surface area (Å²) in [4.78, 5) is 14.4. The number of hydrogen-bond acceptors (Lipinski definition) is 4. The zero-order valence-corrected chi connectivity index (χ0v) is 15.7. The molecule has 8 heteroatoms. The maximum Gasteiger partial charge on any atom is 0.257 e. The minimum absolute atomic E-state index is 0.0208. The molecule has 7 nitrogen and oxygen atoms in total. The molecule has 1 aromatic carbocycles. The fourth-order valence-corrected chi connectivity index (χ4v) is 3.38. The molecule has 27 heavy (non-hydrogen) atoms. The van der Waals surface area contributed by atoms with Crippen molar-refractivity contribution in [2.75, 3.05) is 13.1 Å². The van der Waals surface area contributed by atoms with Gasteiger partial charge in [0.1, 0.15) is 12.4 Å². The molecule has 1 N–H and O–H groups in total. The van der Waals surface area contributed by atoms with Crippen LogP contribution in [0.2, 0.25) is 5.02 Å². The van der Waals surface area contributed by atoms with Gasteiger partial charge in [0.2, 0.25) is 0 Å². The van der Waals surface area contributed by atoms with E-state index in [-0.39, 0.29) is 11.8 Å². The molecule has 1 saturated heterocycles. The molecule has 4 rings (SSSR count). The predicted octanol–water partition coefficient (Wildman–Crippen LogP) is 3.01. The van der Waals surface area contributed by atoms with Crippen LogP contribution in [0, 0.1) is 0 Å². The van der Waals surface area contributed by atoms with Crippen LogP contribution in [0.5, 0.6) is 5.75 Å². The topological polar surface area (TPSA) is 76.0 Å². The van der Waals surface area contributed by atoms with E-state index >= 15 is 0 Å². The summed E-state index contributed by atoms with van der Waals surface area (Å²) in [5.74, 6) is 1.00. The van der Waals surface area contributed by atoms with Gasteiger partial charge in [-0.1, -0.05) is 11.6 Å². The van der Waals surface area contributed by atoms with Crippen molar-refractivity contribution in [2.24, 2.45) is 7.05 Å². The first-order chi connectivity index (χ1) is 13.1. The van der Waals surface area contributed by atoms with E-state index in [4.69, 9.17) is 16.3 Å². The number of rotatable bonds is 5. The fraction of sp³-hybridized carbons (Fsp3) is 0.316. The van der Waals surface area contributed by atoms with Crippen molar-refractivity contribution in [3.05, 3.63) is 64.7 Å². The minimum Gasteiger partial charge on any atom is -0.487 e. The monoisotopic (exact) mass is 385 g/mol. The molecule has 1 atom stereocenters. The number of aromatic nitrogens is 4. The number of carbonyl (C=O) groups excluding carboxylic acids is 1. The van der Waals surface area contributed by atoms with Gasteiger partial charge < -0.3 is 9.64 Å². The molecule has 0 bridgehead atoms. The van der Waals surface area contributed by atoms with E-state index in [0.29, 0.717) is 23.7 Å². The van der Waals surface area contributed by atoms with Gasteiger partial charge in [-0.25, -0.2) is 0 Å². The van der Waals surface area contributed by atoms with Crippen LogP contribution in [-0.4, -0.2) is 43.9 Å². The lowest BCUT2D eigenvalue weighted by molar-refractivity contribution is 0.0790. The molecule has 3 heterocycles. The van der Waals surface area contributed by atoms with E-state index in [2.05, 4.69) is 15.3 Å². The van der Waals surface area contributed by atoms with E-state index in [9.17, 15) is 4.79 Å². The fourth-order valence-electron chi connectivity index (χ4n) is 3.25. The standard InChI is InChI=1S/C19H20ClN5O2/c1-24-10-14(9-21-24)19(26)25-7-6-13(11-25)18-8-16(22-23-18)12-27-17-4-2-15(20)3-5-17/h2-5,8-10,13H,6-7,11-12H2,1H3,(H,22,23). The highest BCUT2D eigenvalue weighted by molar-refractivity contribution is 6.30. The van der Waals surface area contributed by atoms with Crippen molar-refractivity contribution in [1.82, 2.24) is 24.9 Å².